The summed E-state index contributed by atoms with van der Waals surface area (Å²) in [5.41, 5.74) is 0. The Morgan fingerprint density at radius 1 is 1.56 bits per heavy atom. The Balaban J connectivity index is 3.32. The van der Waals surface area contributed by atoms with Crippen molar-refractivity contribution >= 4 is 0 Å². The van der Waals surface area contributed by atoms with E-state index < -0.39 is 0 Å². The predicted octanol–water partition coefficient (Wildman–Crippen LogP) is 0.403. The zero-order chi connectivity index (χ0) is 7.11. The topological polar surface area (TPSA) is 47.8 Å². The van der Waals surface area contributed by atoms with Crippen LogP contribution in [0.1, 0.15) is 20.3 Å². The smallest absolute Gasteiger partial charge is 0.177 e. The number of nitriles is 1. The van der Waals surface area contributed by atoms with Crippen LogP contribution in [0.3, 0.4) is 0 Å². The molecule has 0 aromatic carbocycles. The van der Waals surface area contributed by atoms with Gasteiger partial charge in [0, 0.05) is 0 Å². The van der Waals surface area contributed by atoms with E-state index in [1.165, 1.54) is 0 Å². The van der Waals surface area contributed by atoms with Crippen molar-refractivity contribution in [1.29, 1.82) is 5.26 Å². The van der Waals surface area contributed by atoms with E-state index in [0.717, 1.165) is 13.0 Å². The van der Waals surface area contributed by atoms with E-state index in [-0.39, 0.29) is 6.17 Å². The molecule has 0 amide bonds. The Labute approximate surface area is 56.1 Å². The molecule has 0 rings (SSSR count). The number of hydrogen-bond acceptors (Lipinski definition) is 3. The number of hydrogen-bond donors (Lipinski definition) is 2. The molecule has 52 valence electrons. The standard InChI is InChI=1S/C6H13N3/c1-3-6(8-4-2)9-5-7/h6,8-9H,3-4H2,1-2H3. The molecule has 1 unspecified atom stereocenters. The minimum Gasteiger partial charge on any atom is -0.308 e. The summed E-state index contributed by atoms with van der Waals surface area (Å²) < 4.78 is 0. The highest BCUT2D eigenvalue weighted by Crippen LogP contribution is 1.81. The van der Waals surface area contributed by atoms with Gasteiger partial charge in [0.15, 0.2) is 6.19 Å². The first-order valence-electron chi connectivity index (χ1n) is 3.23. The fourth-order valence-corrected chi connectivity index (χ4v) is 0.622. The largest absolute Gasteiger partial charge is 0.308 e. The van der Waals surface area contributed by atoms with Crippen LogP contribution in [0.5, 0.6) is 0 Å². The van der Waals surface area contributed by atoms with Gasteiger partial charge in [0.2, 0.25) is 0 Å². The van der Waals surface area contributed by atoms with Crippen molar-refractivity contribution in [3.63, 3.8) is 0 Å². The van der Waals surface area contributed by atoms with Crippen LogP contribution in [0.25, 0.3) is 0 Å². The quantitative estimate of drug-likeness (QED) is 0.326. The molecule has 0 aliphatic rings. The highest BCUT2D eigenvalue weighted by molar-refractivity contribution is 4.72. The van der Waals surface area contributed by atoms with E-state index in [1.807, 2.05) is 20.0 Å². The highest BCUT2D eigenvalue weighted by atomic mass is 15.1. The fraction of sp³-hybridized carbons (Fsp3) is 0.833. The zero-order valence-electron chi connectivity index (χ0n) is 5.94. The van der Waals surface area contributed by atoms with Crippen molar-refractivity contribution < 1.29 is 0 Å². The third kappa shape index (κ3) is 3.80. The normalized spacial score (nSPS) is 12.1. The second-order valence-electron chi connectivity index (χ2n) is 1.77. The lowest BCUT2D eigenvalue weighted by Gasteiger charge is -2.11. The van der Waals surface area contributed by atoms with Gasteiger partial charge in [-0.25, -0.2) is 0 Å². The molecule has 0 spiro atoms. The molecule has 2 N–H and O–H groups in total. The minimum atomic E-state index is 0.153. The summed E-state index contributed by atoms with van der Waals surface area (Å²) in [5, 5.41) is 13.9. The first-order chi connectivity index (χ1) is 4.35. The Morgan fingerprint density at radius 2 is 2.22 bits per heavy atom. The summed E-state index contributed by atoms with van der Waals surface area (Å²) in [5.74, 6) is 0. The molecule has 0 fully saturated rings. The van der Waals surface area contributed by atoms with Gasteiger partial charge in [-0.15, -0.1) is 0 Å². The first-order valence-corrected chi connectivity index (χ1v) is 3.23. The third-order valence-corrected chi connectivity index (χ3v) is 1.10. The summed E-state index contributed by atoms with van der Waals surface area (Å²) in [7, 11) is 0. The summed E-state index contributed by atoms with van der Waals surface area (Å²) >= 11 is 0. The van der Waals surface area contributed by atoms with Crippen molar-refractivity contribution in [3.8, 4) is 6.19 Å². The highest BCUT2D eigenvalue weighted by Gasteiger charge is 1.98. The van der Waals surface area contributed by atoms with Crippen LogP contribution in [0.2, 0.25) is 0 Å². The van der Waals surface area contributed by atoms with Gasteiger partial charge in [-0.05, 0) is 13.0 Å². The van der Waals surface area contributed by atoms with E-state index in [0.29, 0.717) is 0 Å². The maximum absolute atomic E-state index is 8.19. The Bertz CT molecular complexity index is 95.0. The lowest BCUT2D eigenvalue weighted by Crippen LogP contribution is -2.38. The third-order valence-electron chi connectivity index (χ3n) is 1.10. The van der Waals surface area contributed by atoms with Gasteiger partial charge in [-0.3, -0.25) is 5.32 Å². The van der Waals surface area contributed by atoms with Crippen LogP contribution in [0, 0.1) is 11.5 Å². The molecule has 0 aromatic rings. The molecular weight excluding hydrogens is 114 g/mol. The molecule has 0 bridgehead atoms. The lowest BCUT2D eigenvalue weighted by atomic mass is 10.4. The molecular formula is C6H13N3. The van der Waals surface area contributed by atoms with E-state index in [4.69, 9.17) is 5.26 Å². The van der Waals surface area contributed by atoms with E-state index in [9.17, 15) is 0 Å². The Morgan fingerprint density at radius 3 is 2.56 bits per heavy atom. The molecule has 1 atom stereocenters. The van der Waals surface area contributed by atoms with Gasteiger partial charge in [-0.1, -0.05) is 13.8 Å². The molecule has 0 aromatic heterocycles. The van der Waals surface area contributed by atoms with Crippen LogP contribution >= 0.6 is 0 Å². The predicted molar refractivity (Wildman–Crippen MR) is 36.5 cm³/mol. The number of nitrogens with zero attached hydrogens (tertiary/aromatic N) is 1. The second-order valence-corrected chi connectivity index (χ2v) is 1.77. The molecule has 0 saturated heterocycles. The zero-order valence-corrected chi connectivity index (χ0v) is 5.94. The van der Waals surface area contributed by atoms with Crippen LogP contribution in [0.15, 0.2) is 0 Å². The summed E-state index contributed by atoms with van der Waals surface area (Å²) in [6.07, 6.45) is 2.98. The van der Waals surface area contributed by atoms with E-state index in [2.05, 4.69) is 10.6 Å². The van der Waals surface area contributed by atoms with Crippen molar-refractivity contribution in [2.24, 2.45) is 0 Å². The van der Waals surface area contributed by atoms with Gasteiger partial charge < -0.3 is 5.32 Å². The van der Waals surface area contributed by atoms with Crippen molar-refractivity contribution in [3.05, 3.63) is 0 Å². The average Bonchev–Trinajstić information content (AvgIpc) is 1.88. The van der Waals surface area contributed by atoms with Crippen LogP contribution in [-0.2, 0) is 0 Å². The fourth-order valence-electron chi connectivity index (χ4n) is 0.622. The summed E-state index contributed by atoms with van der Waals surface area (Å²) in [4.78, 5) is 0. The second kappa shape index (κ2) is 5.39. The van der Waals surface area contributed by atoms with Gasteiger partial charge in [0.05, 0.1) is 6.17 Å². The van der Waals surface area contributed by atoms with Gasteiger partial charge >= 0.3 is 0 Å². The Hall–Kier alpha value is -0.750. The molecule has 3 heteroatoms. The maximum Gasteiger partial charge on any atom is 0.177 e. The van der Waals surface area contributed by atoms with Crippen molar-refractivity contribution in [1.82, 2.24) is 10.6 Å². The van der Waals surface area contributed by atoms with Gasteiger partial charge in [0.25, 0.3) is 0 Å². The number of rotatable bonds is 4. The molecule has 9 heavy (non-hydrogen) atoms. The molecule has 0 aliphatic heterocycles. The van der Waals surface area contributed by atoms with E-state index in [1.54, 1.807) is 0 Å². The lowest BCUT2D eigenvalue weighted by molar-refractivity contribution is 0.476. The molecule has 0 radical (unpaired) electrons. The minimum absolute atomic E-state index is 0.153. The average molecular weight is 127 g/mol. The first kappa shape index (κ1) is 8.25. The number of nitrogens with one attached hydrogen (secondary N) is 2. The van der Waals surface area contributed by atoms with Crippen molar-refractivity contribution in [2.45, 2.75) is 26.4 Å². The molecule has 0 aliphatic carbocycles. The monoisotopic (exact) mass is 127 g/mol. The molecule has 3 nitrogen and oxygen atoms in total. The van der Waals surface area contributed by atoms with Crippen molar-refractivity contribution in [2.75, 3.05) is 6.54 Å². The van der Waals surface area contributed by atoms with E-state index >= 15 is 0 Å². The van der Waals surface area contributed by atoms with Crippen LogP contribution < -0.4 is 10.6 Å². The van der Waals surface area contributed by atoms with Crippen LogP contribution in [0.4, 0.5) is 0 Å². The molecule has 0 heterocycles. The summed E-state index contributed by atoms with van der Waals surface area (Å²) in [6.45, 7) is 4.94. The van der Waals surface area contributed by atoms with Gasteiger partial charge in [0.1, 0.15) is 0 Å². The van der Waals surface area contributed by atoms with Crippen LogP contribution in [-0.4, -0.2) is 12.7 Å². The maximum atomic E-state index is 8.19. The van der Waals surface area contributed by atoms with Gasteiger partial charge in [-0.2, -0.15) is 5.26 Å². The summed E-state index contributed by atoms with van der Waals surface area (Å²) in [6, 6.07) is 0. The molecule has 0 saturated carbocycles. The Kier molecular flexibility index (Phi) is 4.94. The SMILES string of the molecule is CCNC(CC)NC#N.